The molecule has 2 rings (SSSR count). The minimum absolute atomic E-state index is 0.207. The predicted molar refractivity (Wildman–Crippen MR) is 60.1 cm³/mol. The van der Waals surface area contributed by atoms with Gasteiger partial charge in [-0.3, -0.25) is 0 Å². The summed E-state index contributed by atoms with van der Waals surface area (Å²) in [7, 11) is 0. The summed E-state index contributed by atoms with van der Waals surface area (Å²) < 4.78 is 5.37. The first kappa shape index (κ1) is 11.7. The molecule has 1 saturated carbocycles. The molecule has 2 aliphatic rings. The average Bonchev–Trinajstić information content (AvgIpc) is 2.04. The van der Waals surface area contributed by atoms with E-state index >= 15 is 0 Å². The van der Waals surface area contributed by atoms with E-state index in [2.05, 4.69) is 0 Å². The number of hydrogen-bond acceptors (Lipinski definition) is 3. The zero-order valence-electron chi connectivity index (χ0n) is 10.3. The molecule has 1 aliphatic heterocycles. The largest absolute Gasteiger partial charge is 0.444 e. The van der Waals surface area contributed by atoms with E-state index in [9.17, 15) is 9.90 Å². The third-order valence-corrected chi connectivity index (χ3v) is 3.48. The molecule has 0 bridgehead atoms. The van der Waals surface area contributed by atoms with Crippen LogP contribution in [0.4, 0.5) is 4.79 Å². The molecule has 4 nitrogen and oxygen atoms in total. The molecule has 3 atom stereocenters. The topological polar surface area (TPSA) is 49.8 Å². The first-order valence-electron chi connectivity index (χ1n) is 6.06. The Morgan fingerprint density at radius 2 is 2.00 bits per heavy atom. The Hall–Kier alpha value is -0.770. The number of ether oxygens (including phenoxy) is 1. The van der Waals surface area contributed by atoms with Gasteiger partial charge in [-0.25, -0.2) is 4.79 Å². The summed E-state index contributed by atoms with van der Waals surface area (Å²) in [5, 5.41) is 9.75. The number of amides is 1. The summed E-state index contributed by atoms with van der Waals surface area (Å²) in [4.78, 5) is 13.7. The van der Waals surface area contributed by atoms with E-state index < -0.39 is 5.60 Å². The lowest BCUT2D eigenvalue weighted by molar-refractivity contribution is -0.0731. The van der Waals surface area contributed by atoms with Crippen LogP contribution < -0.4 is 0 Å². The lowest BCUT2D eigenvalue weighted by Gasteiger charge is -2.50. The fourth-order valence-electron chi connectivity index (χ4n) is 2.54. The van der Waals surface area contributed by atoms with Gasteiger partial charge in [-0.1, -0.05) is 0 Å². The number of likely N-dealkylation sites (tertiary alicyclic amines) is 1. The van der Waals surface area contributed by atoms with E-state index in [-0.39, 0.29) is 24.2 Å². The van der Waals surface area contributed by atoms with Crippen molar-refractivity contribution in [2.75, 3.05) is 6.54 Å². The zero-order valence-corrected chi connectivity index (χ0v) is 10.3. The highest BCUT2D eigenvalue weighted by molar-refractivity contribution is 5.69. The number of carbonyl (C=O) groups is 1. The summed E-state index contributed by atoms with van der Waals surface area (Å²) in [5.74, 6) is 0.279. The number of hydrogen-bond donors (Lipinski definition) is 1. The van der Waals surface area contributed by atoms with Crippen molar-refractivity contribution in [1.29, 1.82) is 0 Å². The van der Waals surface area contributed by atoms with Crippen LogP contribution in [0.1, 0.15) is 40.0 Å². The molecule has 0 aromatic rings. The van der Waals surface area contributed by atoms with Gasteiger partial charge in [-0.2, -0.15) is 0 Å². The number of rotatable bonds is 0. The Bertz CT molecular complexity index is 284. The molecule has 16 heavy (non-hydrogen) atoms. The lowest BCUT2D eigenvalue weighted by Crippen LogP contribution is -2.59. The van der Waals surface area contributed by atoms with E-state index in [0.29, 0.717) is 13.0 Å². The Labute approximate surface area is 96.6 Å². The van der Waals surface area contributed by atoms with Gasteiger partial charge in [0.05, 0.1) is 6.10 Å². The maximum Gasteiger partial charge on any atom is 0.410 e. The highest BCUT2D eigenvalue weighted by Crippen LogP contribution is 2.39. The summed E-state index contributed by atoms with van der Waals surface area (Å²) >= 11 is 0. The van der Waals surface area contributed by atoms with Crippen molar-refractivity contribution in [3.05, 3.63) is 0 Å². The van der Waals surface area contributed by atoms with Crippen LogP contribution in [-0.2, 0) is 4.74 Å². The molecule has 4 heteroatoms. The van der Waals surface area contributed by atoms with E-state index in [4.69, 9.17) is 4.74 Å². The van der Waals surface area contributed by atoms with Crippen LogP contribution in [0.15, 0.2) is 0 Å². The highest BCUT2D eigenvalue weighted by atomic mass is 16.6. The van der Waals surface area contributed by atoms with Crippen LogP contribution in [0.2, 0.25) is 0 Å². The van der Waals surface area contributed by atoms with E-state index in [1.807, 2.05) is 20.8 Å². The van der Waals surface area contributed by atoms with Gasteiger partial charge in [0, 0.05) is 18.5 Å². The molecule has 2 fully saturated rings. The van der Waals surface area contributed by atoms with Crippen molar-refractivity contribution < 1.29 is 14.6 Å². The number of carbonyl (C=O) groups excluding carboxylic acids is 1. The molecule has 1 unspecified atom stereocenters. The first-order chi connectivity index (χ1) is 7.38. The van der Waals surface area contributed by atoms with Gasteiger partial charge in [0.15, 0.2) is 0 Å². The smallest absolute Gasteiger partial charge is 0.410 e. The Kier molecular flexibility index (Phi) is 2.86. The van der Waals surface area contributed by atoms with Gasteiger partial charge in [0.2, 0.25) is 0 Å². The third kappa shape index (κ3) is 2.17. The van der Waals surface area contributed by atoms with Gasteiger partial charge in [-0.15, -0.1) is 0 Å². The van der Waals surface area contributed by atoms with Crippen molar-refractivity contribution in [1.82, 2.24) is 4.90 Å². The van der Waals surface area contributed by atoms with E-state index in [1.54, 1.807) is 4.90 Å². The lowest BCUT2D eigenvalue weighted by atomic mass is 9.72. The molecule has 1 amide bonds. The summed E-state index contributed by atoms with van der Waals surface area (Å²) in [6.07, 6.45) is 2.26. The van der Waals surface area contributed by atoms with E-state index in [1.165, 1.54) is 0 Å². The van der Waals surface area contributed by atoms with Crippen LogP contribution in [-0.4, -0.2) is 40.4 Å². The second kappa shape index (κ2) is 3.91. The molecule has 92 valence electrons. The fraction of sp³-hybridized carbons (Fsp3) is 0.917. The SMILES string of the molecule is CC(C)(C)OC(=O)N1CCC(O)[C@H]2CC[C@H]21. The number of piperidine rings is 1. The standard InChI is InChI=1S/C12H21NO3/c1-12(2,3)16-11(15)13-7-6-10(14)8-4-5-9(8)13/h8-10,14H,4-7H2,1-3H3/t8-,9+,10?/m0/s1. The highest BCUT2D eigenvalue weighted by Gasteiger charge is 2.46. The molecule has 1 saturated heterocycles. The summed E-state index contributed by atoms with van der Waals surface area (Å²) in [6.45, 7) is 6.25. The van der Waals surface area contributed by atoms with Crippen molar-refractivity contribution in [2.24, 2.45) is 5.92 Å². The van der Waals surface area contributed by atoms with Crippen LogP contribution in [0, 0.1) is 5.92 Å². The van der Waals surface area contributed by atoms with Gasteiger partial charge < -0.3 is 14.7 Å². The van der Waals surface area contributed by atoms with Crippen molar-refractivity contribution in [3.8, 4) is 0 Å². The van der Waals surface area contributed by atoms with Crippen LogP contribution in [0.5, 0.6) is 0 Å². The minimum Gasteiger partial charge on any atom is -0.444 e. The Balaban J connectivity index is 1.97. The molecule has 1 heterocycles. The fourth-order valence-corrected chi connectivity index (χ4v) is 2.54. The second-order valence-electron chi connectivity index (χ2n) is 5.84. The first-order valence-corrected chi connectivity index (χ1v) is 6.06. The Morgan fingerprint density at radius 1 is 1.31 bits per heavy atom. The zero-order chi connectivity index (χ0) is 11.9. The third-order valence-electron chi connectivity index (χ3n) is 3.48. The molecule has 0 radical (unpaired) electrons. The van der Waals surface area contributed by atoms with Crippen LogP contribution in [0.25, 0.3) is 0 Å². The second-order valence-corrected chi connectivity index (χ2v) is 5.84. The molecule has 1 N–H and O–H groups in total. The number of aliphatic hydroxyl groups is 1. The molecule has 0 aromatic carbocycles. The predicted octanol–water partition coefficient (Wildman–Crippen LogP) is 1.77. The molecule has 0 aromatic heterocycles. The molecular formula is C12H21NO3. The van der Waals surface area contributed by atoms with Crippen molar-refractivity contribution in [2.45, 2.75) is 57.8 Å². The van der Waals surface area contributed by atoms with E-state index in [0.717, 1.165) is 12.8 Å². The van der Waals surface area contributed by atoms with Crippen molar-refractivity contribution in [3.63, 3.8) is 0 Å². The minimum atomic E-state index is -0.438. The maximum absolute atomic E-state index is 11.9. The number of nitrogens with zero attached hydrogens (tertiary/aromatic N) is 1. The molecule has 0 spiro atoms. The number of aliphatic hydroxyl groups excluding tert-OH is 1. The quantitative estimate of drug-likeness (QED) is 0.686. The van der Waals surface area contributed by atoms with Crippen molar-refractivity contribution >= 4 is 6.09 Å². The normalized spacial score (nSPS) is 34.0. The number of fused-ring (bicyclic) bond motifs is 1. The molecular weight excluding hydrogens is 206 g/mol. The molecule has 1 aliphatic carbocycles. The van der Waals surface area contributed by atoms with Gasteiger partial charge in [-0.05, 0) is 40.0 Å². The summed E-state index contributed by atoms with van der Waals surface area (Å²) in [6, 6.07) is 0.207. The van der Waals surface area contributed by atoms with Crippen LogP contribution in [0.3, 0.4) is 0 Å². The monoisotopic (exact) mass is 227 g/mol. The summed E-state index contributed by atoms with van der Waals surface area (Å²) in [5.41, 5.74) is -0.438. The van der Waals surface area contributed by atoms with Gasteiger partial charge in [0.1, 0.15) is 5.60 Å². The average molecular weight is 227 g/mol. The van der Waals surface area contributed by atoms with Gasteiger partial charge in [0.25, 0.3) is 0 Å². The maximum atomic E-state index is 11.9. The van der Waals surface area contributed by atoms with Gasteiger partial charge >= 0.3 is 6.09 Å². The Morgan fingerprint density at radius 3 is 2.50 bits per heavy atom. The van der Waals surface area contributed by atoms with Crippen LogP contribution >= 0.6 is 0 Å².